The number of thiocarbonyl (C=S) groups is 1. The van der Waals surface area contributed by atoms with E-state index >= 15 is 0 Å². The van der Waals surface area contributed by atoms with Crippen molar-refractivity contribution in [3.05, 3.63) is 0 Å². The minimum atomic E-state index is -0.765. The van der Waals surface area contributed by atoms with Crippen LogP contribution in [0.5, 0.6) is 0 Å². The van der Waals surface area contributed by atoms with Crippen LogP contribution >= 0.6 is 12.2 Å². The number of carbonyl (C=O) groups is 2. The van der Waals surface area contributed by atoms with E-state index in [-0.39, 0.29) is 22.8 Å². The second kappa shape index (κ2) is 6.05. The molecule has 0 aromatic heterocycles. The molecule has 0 aromatic rings. The van der Waals surface area contributed by atoms with Crippen LogP contribution in [0.4, 0.5) is 0 Å². The van der Waals surface area contributed by atoms with Crippen molar-refractivity contribution < 1.29 is 14.3 Å². The summed E-state index contributed by atoms with van der Waals surface area (Å²) in [6.07, 6.45) is 1.86. The van der Waals surface area contributed by atoms with Crippen LogP contribution in [0.15, 0.2) is 0 Å². The van der Waals surface area contributed by atoms with Crippen molar-refractivity contribution in [1.29, 1.82) is 0 Å². The number of likely N-dealkylation sites (tertiary alicyclic amines) is 1. The smallest absolute Gasteiger partial charge is 0.235 e. The van der Waals surface area contributed by atoms with E-state index in [2.05, 4.69) is 5.32 Å². The Morgan fingerprint density at radius 2 is 2.05 bits per heavy atom. The van der Waals surface area contributed by atoms with Gasteiger partial charge < -0.3 is 20.7 Å². The second-order valence-electron chi connectivity index (χ2n) is 5.50. The molecule has 1 unspecified atom stereocenters. The van der Waals surface area contributed by atoms with E-state index in [0.29, 0.717) is 39.1 Å². The molecular weight excluding hydrogens is 278 g/mol. The summed E-state index contributed by atoms with van der Waals surface area (Å²) in [7, 11) is 0. The zero-order valence-corrected chi connectivity index (χ0v) is 12.5. The molecule has 2 aliphatic heterocycles. The van der Waals surface area contributed by atoms with Gasteiger partial charge in [-0.2, -0.15) is 0 Å². The molecule has 2 rings (SSSR count). The summed E-state index contributed by atoms with van der Waals surface area (Å²) in [6, 6.07) is 0.0275. The molecule has 6 nitrogen and oxygen atoms in total. The lowest BCUT2D eigenvalue weighted by Crippen LogP contribution is -2.53. The van der Waals surface area contributed by atoms with Crippen molar-refractivity contribution in [2.45, 2.75) is 32.2 Å². The van der Waals surface area contributed by atoms with Crippen LogP contribution in [-0.4, -0.2) is 54.0 Å². The van der Waals surface area contributed by atoms with Crippen molar-refractivity contribution in [3.63, 3.8) is 0 Å². The van der Waals surface area contributed by atoms with Gasteiger partial charge in [-0.25, -0.2) is 0 Å². The summed E-state index contributed by atoms with van der Waals surface area (Å²) in [5, 5.41) is 2.85. The summed E-state index contributed by atoms with van der Waals surface area (Å²) in [4.78, 5) is 25.9. The molecule has 112 valence electrons. The number of nitrogens with zero attached hydrogens (tertiary/aromatic N) is 1. The van der Waals surface area contributed by atoms with Gasteiger partial charge in [0.15, 0.2) is 0 Å². The molecule has 0 spiro atoms. The van der Waals surface area contributed by atoms with Gasteiger partial charge in [-0.15, -0.1) is 0 Å². The Morgan fingerprint density at radius 1 is 1.40 bits per heavy atom. The van der Waals surface area contributed by atoms with E-state index in [4.69, 9.17) is 22.7 Å². The minimum absolute atomic E-state index is 0.0128. The third-order valence-electron chi connectivity index (χ3n) is 4.11. The van der Waals surface area contributed by atoms with E-state index in [0.717, 1.165) is 6.42 Å². The molecule has 2 aliphatic rings. The maximum atomic E-state index is 12.8. The molecule has 7 heteroatoms. The van der Waals surface area contributed by atoms with Gasteiger partial charge in [-0.05, 0) is 19.3 Å². The predicted molar refractivity (Wildman–Crippen MR) is 78.1 cm³/mol. The van der Waals surface area contributed by atoms with E-state index in [1.54, 1.807) is 4.90 Å². The average molecular weight is 299 g/mol. The number of nitrogens with two attached hydrogens (primary N) is 1. The number of amides is 2. The van der Waals surface area contributed by atoms with E-state index in [1.165, 1.54) is 6.92 Å². The third kappa shape index (κ3) is 2.93. The fraction of sp³-hybridized carbons (Fsp3) is 0.769. The maximum absolute atomic E-state index is 12.8. The Balaban J connectivity index is 2.06. The number of ether oxygens (including phenoxy) is 1. The lowest BCUT2D eigenvalue weighted by Gasteiger charge is -2.37. The first kappa shape index (κ1) is 15.2. The van der Waals surface area contributed by atoms with Crippen LogP contribution in [0.2, 0.25) is 0 Å². The Labute approximate surface area is 124 Å². The minimum Gasteiger partial charge on any atom is -0.392 e. The Bertz CT molecular complexity index is 421. The predicted octanol–water partition coefficient (Wildman–Crippen LogP) is -0.194. The van der Waals surface area contributed by atoms with Crippen LogP contribution in [-0.2, 0) is 14.3 Å². The van der Waals surface area contributed by atoms with E-state index in [9.17, 15) is 9.59 Å². The molecular formula is C13H21N3O3S. The average Bonchev–Trinajstić information content (AvgIpc) is 2.86. The molecule has 0 radical (unpaired) electrons. The number of hydrogen-bond acceptors (Lipinski definition) is 4. The fourth-order valence-electron chi connectivity index (χ4n) is 2.94. The highest BCUT2D eigenvalue weighted by Crippen LogP contribution is 2.34. The van der Waals surface area contributed by atoms with Gasteiger partial charge in [-0.3, -0.25) is 9.59 Å². The van der Waals surface area contributed by atoms with Crippen LogP contribution in [0.3, 0.4) is 0 Å². The molecule has 0 aromatic carbocycles. The van der Waals surface area contributed by atoms with Gasteiger partial charge in [0.25, 0.3) is 0 Å². The van der Waals surface area contributed by atoms with Crippen molar-refractivity contribution >= 4 is 29.0 Å². The summed E-state index contributed by atoms with van der Waals surface area (Å²) >= 11 is 5.14. The number of nitrogens with one attached hydrogen (secondary N) is 1. The van der Waals surface area contributed by atoms with Crippen molar-refractivity contribution in [1.82, 2.24) is 10.2 Å². The third-order valence-corrected chi connectivity index (χ3v) is 4.50. The van der Waals surface area contributed by atoms with Gasteiger partial charge in [0.1, 0.15) is 5.41 Å². The molecule has 2 saturated heterocycles. The normalized spacial score (nSPS) is 25.2. The first-order valence-electron chi connectivity index (χ1n) is 6.90. The number of rotatable bonds is 3. The summed E-state index contributed by atoms with van der Waals surface area (Å²) in [6.45, 7) is 3.66. The second-order valence-corrected chi connectivity index (χ2v) is 5.94. The molecule has 0 bridgehead atoms. The summed E-state index contributed by atoms with van der Waals surface area (Å²) in [5.41, 5.74) is 5.08. The van der Waals surface area contributed by atoms with Crippen LogP contribution in [0, 0.1) is 5.41 Å². The van der Waals surface area contributed by atoms with Gasteiger partial charge >= 0.3 is 0 Å². The molecule has 3 N–H and O–H groups in total. The molecule has 0 saturated carbocycles. The monoisotopic (exact) mass is 299 g/mol. The van der Waals surface area contributed by atoms with E-state index < -0.39 is 5.41 Å². The van der Waals surface area contributed by atoms with E-state index in [1.807, 2.05) is 0 Å². The van der Waals surface area contributed by atoms with Crippen molar-refractivity contribution in [2.24, 2.45) is 11.1 Å². The number of hydrogen-bond donors (Lipinski definition) is 2. The van der Waals surface area contributed by atoms with Crippen molar-refractivity contribution in [2.75, 3.05) is 26.3 Å². The van der Waals surface area contributed by atoms with Crippen LogP contribution in [0.25, 0.3) is 0 Å². The SMILES string of the molecule is CC(=O)NC1CCN(C(=O)C2(C(N)=S)CCOCC2)C1. The highest BCUT2D eigenvalue weighted by Gasteiger charge is 2.46. The molecule has 1 atom stereocenters. The summed E-state index contributed by atoms with van der Waals surface area (Å²) in [5.74, 6) is -0.0828. The standard InChI is InChI=1S/C13H21N3O3S/c1-9(17)15-10-2-5-16(8-10)12(18)13(11(14)20)3-6-19-7-4-13/h10H,2-8H2,1H3,(H2,14,20)(H,15,17). The Kier molecular flexibility index (Phi) is 4.59. The highest BCUT2D eigenvalue weighted by molar-refractivity contribution is 7.80. The Morgan fingerprint density at radius 3 is 2.60 bits per heavy atom. The van der Waals surface area contributed by atoms with Gasteiger partial charge in [0.05, 0.1) is 4.99 Å². The Hall–Kier alpha value is -1.21. The maximum Gasteiger partial charge on any atom is 0.235 e. The molecule has 2 fully saturated rings. The quantitative estimate of drug-likeness (QED) is 0.705. The van der Waals surface area contributed by atoms with Crippen LogP contribution in [0.1, 0.15) is 26.2 Å². The topological polar surface area (TPSA) is 84.7 Å². The molecule has 2 heterocycles. The molecule has 2 amide bonds. The molecule has 0 aliphatic carbocycles. The highest BCUT2D eigenvalue weighted by atomic mass is 32.1. The van der Waals surface area contributed by atoms with Gasteiger partial charge in [-0.1, -0.05) is 12.2 Å². The largest absolute Gasteiger partial charge is 0.392 e. The molecule has 20 heavy (non-hydrogen) atoms. The number of carbonyl (C=O) groups excluding carboxylic acids is 2. The van der Waals surface area contributed by atoms with Gasteiger partial charge in [0, 0.05) is 39.3 Å². The summed E-state index contributed by atoms with van der Waals surface area (Å²) < 4.78 is 5.32. The zero-order valence-electron chi connectivity index (χ0n) is 11.7. The lowest BCUT2D eigenvalue weighted by atomic mass is 9.78. The van der Waals surface area contributed by atoms with Crippen molar-refractivity contribution in [3.8, 4) is 0 Å². The first-order chi connectivity index (χ1) is 9.45. The lowest BCUT2D eigenvalue weighted by molar-refractivity contribution is -0.141. The first-order valence-corrected chi connectivity index (χ1v) is 7.30. The van der Waals surface area contributed by atoms with Crippen LogP contribution < -0.4 is 11.1 Å². The van der Waals surface area contributed by atoms with Gasteiger partial charge in [0.2, 0.25) is 11.8 Å². The fourth-order valence-corrected chi connectivity index (χ4v) is 3.23. The zero-order chi connectivity index (χ0) is 14.8.